The Morgan fingerprint density at radius 1 is 1.03 bits per heavy atom. The van der Waals surface area contributed by atoms with Gasteiger partial charge in [0.15, 0.2) is 5.82 Å². The van der Waals surface area contributed by atoms with Gasteiger partial charge in [-0.25, -0.2) is 4.68 Å². The van der Waals surface area contributed by atoms with Crippen LogP contribution in [-0.2, 0) is 0 Å². The number of hydrogen-bond acceptors (Lipinski definition) is 5. The monoisotopic (exact) mass is 406 g/mol. The lowest BCUT2D eigenvalue weighted by Gasteiger charge is -2.29. The molecule has 0 bridgehead atoms. The van der Waals surface area contributed by atoms with Crippen LogP contribution in [0.2, 0.25) is 0 Å². The van der Waals surface area contributed by atoms with Crippen LogP contribution >= 0.6 is 0 Å². The molecule has 3 heterocycles. The molecule has 2 fully saturated rings. The van der Waals surface area contributed by atoms with Crippen molar-refractivity contribution in [3.8, 4) is 0 Å². The van der Waals surface area contributed by atoms with Crippen molar-refractivity contribution < 1.29 is 0 Å². The number of hydrogen-bond donors (Lipinski definition) is 1. The maximum absolute atomic E-state index is 13.3. The summed E-state index contributed by atoms with van der Waals surface area (Å²) in [6.45, 7) is 6.09. The van der Waals surface area contributed by atoms with Crippen LogP contribution < -0.4 is 5.56 Å². The van der Waals surface area contributed by atoms with Gasteiger partial charge in [0.25, 0.3) is 5.56 Å². The van der Waals surface area contributed by atoms with Crippen molar-refractivity contribution in [1.82, 2.24) is 30.1 Å². The van der Waals surface area contributed by atoms with Crippen LogP contribution in [0, 0.1) is 13.8 Å². The topological polar surface area (TPSA) is 79.7 Å². The summed E-state index contributed by atoms with van der Waals surface area (Å²) in [4.78, 5) is 18.8. The van der Waals surface area contributed by atoms with Crippen LogP contribution in [0.3, 0.4) is 0 Å². The van der Waals surface area contributed by atoms with E-state index in [9.17, 15) is 4.79 Å². The maximum atomic E-state index is 13.3. The highest BCUT2D eigenvalue weighted by Crippen LogP contribution is 2.34. The third-order valence-electron chi connectivity index (χ3n) is 6.83. The molecule has 0 amide bonds. The molecule has 5 rings (SSSR count). The quantitative estimate of drug-likeness (QED) is 0.712. The van der Waals surface area contributed by atoms with Crippen molar-refractivity contribution in [3.63, 3.8) is 0 Å². The lowest BCUT2D eigenvalue weighted by Crippen LogP contribution is -2.34. The summed E-state index contributed by atoms with van der Waals surface area (Å²) in [6.07, 6.45) is 8.22. The summed E-state index contributed by atoms with van der Waals surface area (Å²) in [5, 5.41) is 14.0. The van der Waals surface area contributed by atoms with Gasteiger partial charge in [-0.2, -0.15) is 0 Å². The zero-order chi connectivity index (χ0) is 20.7. The van der Waals surface area contributed by atoms with Gasteiger partial charge in [-0.1, -0.05) is 25.3 Å². The predicted octanol–water partition coefficient (Wildman–Crippen LogP) is 3.82. The van der Waals surface area contributed by atoms with Gasteiger partial charge in [0, 0.05) is 16.5 Å². The van der Waals surface area contributed by atoms with Crippen molar-refractivity contribution in [2.24, 2.45) is 0 Å². The molecule has 1 saturated heterocycles. The number of tetrazole rings is 1. The van der Waals surface area contributed by atoms with E-state index in [1.807, 2.05) is 10.7 Å². The van der Waals surface area contributed by atoms with Crippen LogP contribution in [0.25, 0.3) is 10.9 Å². The average molecular weight is 407 g/mol. The Hall–Kier alpha value is -2.54. The molecular formula is C23H30N6O. The molecule has 3 aromatic rings. The van der Waals surface area contributed by atoms with Gasteiger partial charge >= 0.3 is 0 Å². The summed E-state index contributed by atoms with van der Waals surface area (Å²) >= 11 is 0. The summed E-state index contributed by atoms with van der Waals surface area (Å²) in [6, 6.07) is 6.41. The van der Waals surface area contributed by atoms with Gasteiger partial charge in [-0.15, -0.1) is 5.10 Å². The van der Waals surface area contributed by atoms with Crippen LogP contribution in [0.1, 0.15) is 79.5 Å². The Kier molecular flexibility index (Phi) is 5.15. The van der Waals surface area contributed by atoms with E-state index in [1.54, 1.807) is 0 Å². The fourth-order valence-corrected chi connectivity index (χ4v) is 5.36. The van der Waals surface area contributed by atoms with Crippen LogP contribution in [0.15, 0.2) is 23.0 Å². The highest BCUT2D eigenvalue weighted by atomic mass is 16.1. The second-order valence-electron chi connectivity index (χ2n) is 9.02. The molecule has 1 aliphatic heterocycles. The number of aromatic amines is 1. The first-order valence-electron chi connectivity index (χ1n) is 11.3. The molecule has 1 atom stereocenters. The number of pyridine rings is 1. The molecular weight excluding hydrogens is 376 g/mol. The highest BCUT2D eigenvalue weighted by Gasteiger charge is 2.34. The number of aromatic nitrogens is 5. The Labute approximate surface area is 176 Å². The normalized spacial score (nSPS) is 19.5. The third kappa shape index (κ3) is 3.45. The first kappa shape index (κ1) is 19.4. The Bertz CT molecular complexity index is 1100. The fourth-order valence-electron chi connectivity index (χ4n) is 5.36. The van der Waals surface area contributed by atoms with Crippen LogP contribution in [0.5, 0.6) is 0 Å². The third-order valence-corrected chi connectivity index (χ3v) is 6.83. The molecule has 30 heavy (non-hydrogen) atoms. The standard InChI is InChI=1S/C23H30N6O/c1-15-12-16(2)18-14-19(23(30)24-20(18)13-15)21(28-10-6-7-11-28)22-25-26-27-29(22)17-8-4-3-5-9-17/h12-14,17,21H,3-11H2,1-2H3,(H,24,30)/t21-/m0/s1. The molecule has 7 nitrogen and oxygen atoms in total. The smallest absolute Gasteiger partial charge is 0.253 e. The fraction of sp³-hybridized carbons (Fsp3) is 0.565. The van der Waals surface area contributed by atoms with Gasteiger partial charge in [0.1, 0.15) is 6.04 Å². The molecule has 158 valence electrons. The van der Waals surface area contributed by atoms with Crippen molar-refractivity contribution in [1.29, 1.82) is 0 Å². The molecule has 0 unspecified atom stereocenters. The van der Waals surface area contributed by atoms with Gasteiger partial charge < -0.3 is 4.98 Å². The van der Waals surface area contributed by atoms with E-state index in [1.165, 1.54) is 24.8 Å². The molecule has 0 radical (unpaired) electrons. The Morgan fingerprint density at radius 3 is 2.57 bits per heavy atom. The minimum absolute atomic E-state index is 0.0393. The summed E-state index contributed by atoms with van der Waals surface area (Å²) < 4.78 is 2.02. The van der Waals surface area contributed by atoms with Crippen molar-refractivity contribution in [3.05, 3.63) is 51.1 Å². The number of benzene rings is 1. The van der Waals surface area contributed by atoms with E-state index in [0.717, 1.165) is 66.6 Å². The average Bonchev–Trinajstić information content (AvgIpc) is 3.42. The molecule has 1 saturated carbocycles. The van der Waals surface area contributed by atoms with Gasteiger partial charge in [0.05, 0.1) is 6.04 Å². The molecule has 1 aromatic carbocycles. The Morgan fingerprint density at radius 2 is 1.80 bits per heavy atom. The van der Waals surface area contributed by atoms with E-state index >= 15 is 0 Å². The number of rotatable bonds is 4. The van der Waals surface area contributed by atoms with Crippen LogP contribution in [-0.4, -0.2) is 43.2 Å². The zero-order valence-corrected chi connectivity index (χ0v) is 17.9. The largest absolute Gasteiger partial charge is 0.322 e. The summed E-state index contributed by atoms with van der Waals surface area (Å²) in [5.41, 5.74) is 3.94. The first-order chi connectivity index (χ1) is 14.6. The summed E-state index contributed by atoms with van der Waals surface area (Å²) in [5.74, 6) is 0.818. The number of H-pyrrole nitrogens is 1. The second-order valence-corrected chi connectivity index (χ2v) is 9.02. The highest BCUT2D eigenvalue weighted by molar-refractivity contribution is 5.83. The predicted molar refractivity (Wildman–Crippen MR) is 117 cm³/mol. The zero-order valence-electron chi connectivity index (χ0n) is 17.9. The SMILES string of the molecule is Cc1cc(C)c2cc([C@@H](c3nnnn3C3CCCCC3)N3CCCC3)c(=O)[nH]c2c1. The molecule has 7 heteroatoms. The number of aryl methyl sites for hydroxylation is 2. The van der Waals surface area contributed by atoms with Gasteiger partial charge in [-0.05, 0) is 86.3 Å². The number of likely N-dealkylation sites (tertiary alicyclic amines) is 1. The lowest BCUT2D eigenvalue weighted by atomic mass is 9.95. The molecule has 2 aromatic heterocycles. The van der Waals surface area contributed by atoms with E-state index < -0.39 is 0 Å². The number of fused-ring (bicyclic) bond motifs is 1. The molecule has 2 aliphatic rings. The molecule has 0 spiro atoms. The van der Waals surface area contributed by atoms with E-state index in [-0.39, 0.29) is 11.6 Å². The minimum Gasteiger partial charge on any atom is -0.322 e. The Balaban J connectivity index is 1.66. The molecule has 1 N–H and O–H groups in total. The van der Waals surface area contributed by atoms with Gasteiger partial charge in [-0.3, -0.25) is 9.69 Å². The van der Waals surface area contributed by atoms with E-state index in [0.29, 0.717) is 6.04 Å². The van der Waals surface area contributed by atoms with Crippen molar-refractivity contribution >= 4 is 10.9 Å². The van der Waals surface area contributed by atoms with E-state index in [4.69, 9.17) is 0 Å². The molecule has 1 aliphatic carbocycles. The second kappa shape index (κ2) is 7.95. The minimum atomic E-state index is -0.210. The van der Waals surface area contributed by atoms with Crippen molar-refractivity contribution in [2.75, 3.05) is 13.1 Å². The van der Waals surface area contributed by atoms with Crippen LogP contribution in [0.4, 0.5) is 0 Å². The van der Waals surface area contributed by atoms with Gasteiger partial charge in [0.2, 0.25) is 0 Å². The number of nitrogens with zero attached hydrogens (tertiary/aromatic N) is 5. The summed E-state index contributed by atoms with van der Waals surface area (Å²) in [7, 11) is 0. The van der Waals surface area contributed by atoms with Crippen molar-refractivity contribution in [2.45, 2.75) is 70.9 Å². The maximum Gasteiger partial charge on any atom is 0.253 e. The lowest BCUT2D eigenvalue weighted by molar-refractivity contribution is 0.243. The number of nitrogens with one attached hydrogen (secondary N) is 1. The van der Waals surface area contributed by atoms with E-state index in [2.05, 4.69) is 51.4 Å². The first-order valence-corrected chi connectivity index (χ1v) is 11.3.